The largest absolute Gasteiger partial charge is 0.379 e. The fourth-order valence-corrected chi connectivity index (χ4v) is 2.58. The molecule has 2 aliphatic rings. The summed E-state index contributed by atoms with van der Waals surface area (Å²) in [5, 5.41) is 2.98. The van der Waals surface area contributed by atoms with Crippen LogP contribution < -0.4 is 11.1 Å². The third-order valence-electron chi connectivity index (χ3n) is 3.96. The maximum atomic E-state index is 12.1. The van der Waals surface area contributed by atoms with Crippen molar-refractivity contribution in [1.82, 2.24) is 10.2 Å². The van der Waals surface area contributed by atoms with Crippen LogP contribution >= 0.6 is 0 Å². The molecule has 7 heteroatoms. The molecule has 2 amide bonds. The van der Waals surface area contributed by atoms with E-state index in [1.54, 1.807) is 4.90 Å². The standard InChI is InChI=1S/C13H23N3O4/c1-19-8-11(17)16-5-2-10(3-6-16)15-12(18)13(14)4-7-20-9-13/h10H,2-9,14H2,1H3,(H,15,18). The van der Waals surface area contributed by atoms with E-state index in [1.807, 2.05) is 0 Å². The van der Waals surface area contributed by atoms with Gasteiger partial charge in [-0.1, -0.05) is 0 Å². The molecule has 0 aromatic rings. The molecule has 3 N–H and O–H groups in total. The van der Waals surface area contributed by atoms with Gasteiger partial charge in [0, 0.05) is 32.8 Å². The topological polar surface area (TPSA) is 93.9 Å². The van der Waals surface area contributed by atoms with E-state index in [9.17, 15) is 9.59 Å². The van der Waals surface area contributed by atoms with Gasteiger partial charge in [0.25, 0.3) is 0 Å². The molecular formula is C13H23N3O4. The fourth-order valence-electron chi connectivity index (χ4n) is 2.58. The molecule has 0 aromatic heterocycles. The number of hydrogen-bond donors (Lipinski definition) is 2. The van der Waals surface area contributed by atoms with Gasteiger partial charge >= 0.3 is 0 Å². The van der Waals surface area contributed by atoms with Gasteiger partial charge in [0.2, 0.25) is 11.8 Å². The molecule has 2 saturated heterocycles. The summed E-state index contributed by atoms with van der Waals surface area (Å²) in [6.07, 6.45) is 2.06. The Hall–Kier alpha value is -1.18. The Labute approximate surface area is 118 Å². The van der Waals surface area contributed by atoms with Gasteiger partial charge in [-0.3, -0.25) is 9.59 Å². The first-order valence-electron chi connectivity index (χ1n) is 6.99. The van der Waals surface area contributed by atoms with Gasteiger partial charge in [-0.15, -0.1) is 0 Å². The van der Waals surface area contributed by atoms with Crippen LogP contribution in [0.1, 0.15) is 19.3 Å². The predicted molar refractivity (Wildman–Crippen MR) is 72.0 cm³/mol. The number of ether oxygens (including phenoxy) is 2. The van der Waals surface area contributed by atoms with Crippen molar-refractivity contribution in [2.24, 2.45) is 5.73 Å². The number of carbonyl (C=O) groups excluding carboxylic acids is 2. The second-order valence-electron chi connectivity index (χ2n) is 5.52. The van der Waals surface area contributed by atoms with Crippen LogP contribution in [0, 0.1) is 0 Å². The molecule has 20 heavy (non-hydrogen) atoms. The average molecular weight is 285 g/mol. The van der Waals surface area contributed by atoms with Crippen molar-refractivity contribution >= 4 is 11.8 Å². The third-order valence-corrected chi connectivity index (χ3v) is 3.96. The summed E-state index contributed by atoms with van der Waals surface area (Å²) < 4.78 is 10.0. The smallest absolute Gasteiger partial charge is 0.248 e. The number of carbonyl (C=O) groups is 2. The van der Waals surface area contributed by atoms with E-state index in [0.29, 0.717) is 26.1 Å². The minimum atomic E-state index is -0.886. The minimum Gasteiger partial charge on any atom is -0.379 e. The van der Waals surface area contributed by atoms with Crippen LogP contribution in [0.3, 0.4) is 0 Å². The van der Waals surface area contributed by atoms with Crippen molar-refractivity contribution in [2.75, 3.05) is 40.0 Å². The van der Waals surface area contributed by atoms with Gasteiger partial charge in [-0.05, 0) is 19.3 Å². The number of likely N-dealkylation sites (tertiary alicyclic amines) is 1. The number of amides is 2. The summed E-state index contributed by atoms with van der Waals surface area (Å²) in [4.78, 5) is 25.6. The van der Waals surface area contributed by atoms with Crippen molar-refractivity contribution in [1.29, 1.82) is 0 Å². The van der Waals surface area contributed by atoms with Gasteiger partial charge < -0.3 is 25.4 Å². The van der Waals surface area contributed by atoms with Crippen LogP contribution in [0.15, 0.2) is 0 Å². The molecule has 2 heterocycles. The quantitative estimate of drug-likeness (QED) is 0.681. The predicted octanol–water partition coefficient (Wildman–Crippen LogP) is -1.14. The van der Waals surface area contributed by atoms with Crippen molar-refractivity contribution < 1.29 is 19.1 Å². The highest BCUT2D eigenvalue weighted by atomic mass is 16.5. The van der Waals surface area contributed by atoms with Gasteiger partial charge in [0.05, 0.1) is 6.61 Å². The highest BCUT2D eigenvalue weighted by Gasteiger charge is 2.39. The molecule has 114 valence electrons. The average Bonchev–Trinajstić information content (AvgIpc) is 2.88. The number of rotatable bonds is 4. The van der Waals surface area contributed by atoms with Crippen LogP contribution in [0.4, 0.5) is 0 Å². The number of methoxy groups -OCH3 is 1. The first-order chi connectivity index (χ1) is 9.55. The number of hydrogen-bond acceptors (Lipinski definition) is 5. The molecule has 1 unspecified atom stereocenters. The van der Waals surface area contributed by atoms with Crippen LogP contribution in [-0.4, -0.2) is 68.3 Å². The van der Waals surface area contributed by atoms with E-state index in [-0.39, 0.29) is 31.1 Å². The van der Waals surface area contributed by atoms with Crippen LogP contribution in [0.25, 0.3) is 0 Å². The first kappa shape index (κ1) is 15.2. The minimum absolute atomic E-state index is 0.00300. The monoisotopic (exact) mass is 285 g/mol. The zero-order chi connectivity index (χ0) is 14.6. The van der Waals surface area contributed by atoms with Gasteiger partial charge in [0.1, 0.15) is 12.1 Å². The highest BCUT2D eigenvalue weighted by molar-refractivity contribution is 5.86. The summed E-state index contributed by atoms with van der Waals surface area (Å²) in [7, 11) is 1.51. The molecule has 0 spiro atoms. The van der Waals surface area contributed by atoms with E-state index in [0.717, 1.165) is 12.8 Å². The zero-order valence-corrected chi connectivity index (χ0v) is 11.9. The van der Waals surface area contributed by atoms with Gasteiger partial charge in [0.15, 0.2) is 0 Å². The Morgan fingerprint density at radius 3 is 2.70 bits per heavy atom. The van der Waals surface area contributed by atoms with Crippen LogP contribution in [0.2, 0.25) is 0 Å². The van der Waals surface area contributed by atoms with E-state index in [2.05, 4.69) is 5.32 Å². The maximum absolute atomic E-state index is 12.1. The lowest BCUT2D eigenvalue weighted by atomic mass is 9.97. The Kier molecular flexibility index (Phi) is 4.95. The Bertz CT molecular complexity index is 361. The van der Waals surface area contributed by atoms with Crippen molar-refractivity contribution in [3.63, 3.8) is 0 Å². The SMILES string of the molecule is COCC(=O)N1CCC(NC(=O)C2(N)CCOC2)CC1. The highest BCUT2D eigenvalue weighted by Crippen LogP contribution is 2.17. The summed E-state index contributed by atoms with van der Waals surface area (Å²) in [5.41, 5.74) is 5.13. The lowest BCUT2D eigenvalue weighted by molar-refractivity contribution is -0.136. The molecule has 2 fully saturated rings. The lowest BCUT2D eigenvalue weighted by Crippen LogP contribution is -2.58. The van der Waals surface area contributed by atoms with Crippen molar-refractivity contribution in [2.45, 2.75) is 30.8 Å². The number of nitrogens with zero attached hydrogens (tertiary/aromatic N) is 1. The molecule has 0 saturated carbocycles. The van der Waals surface area contributed by atoms with Gasteiger partial charge in [-0.2, -0.15) is 0 Å². The zero-order valence-electron chi connectivity index (χ0n) is 11.9. The maximum Gasteiger partial charge on any atom is 0.248 e. The second kappa shape index (κ2) is 6.51. The number of nitrogens with one attached hydrogen (secondary N) is 1. The van der Waals surface area contributed by atoms with Crippen molar-refractivity contribution in [3.8, 4) is 0 Å². The number of nitrogens with two attached hydrogens (primary N) is 1. The van der Waals surface area contributed by atoms with Crippen LogP contribution in [-0.2, 0) is 19.1 Å². The van der Waals surface area contributed by atoms with E-state index in [4.69, 9.17) is 15.2 Å². The molecule has 0 bridgehead atoms. The Balaban J connectivity index is 1.77. The van der Waals surface area contributed by atoms with E-state index < -0.39 is 5.54 Å². The van der Waals surface area contributed by atoms with Crippen LogP contribution in [0.5, 0.6) is 0 Å². The number of piperidine rings is 1. The Morgan fingerprint density at radius 1 is 1.45 bits per heavy atom. The fraction of sp³-hybridized carbons (Fsp3) is 0.846. The summed E-state index contributed by atoms with van der Waals surface area (Å²) >= 11 is 0. The normalized spacial score (nSPS) is 27.6. The third kappa shape index (κ3) is 3.47. The Morgan fingerprint density at radius 2 is 2.15 bits per heavy atom. The molecule has 2 aliphatic heterocycles. The lowest BCUT2D eigenvalue weighted by Gasteiger charge is -2.33. The van der Waals surface area contributed by atoms with Gasteiger partial charge in [-0.25, -0.2) is 0 Å². The first-order valence-corrected chi connectivity index (χ1v) is 6.99. The molecule has 2 rings (SSSR count). The van der Waals surface area contributed by atoms with Crippen molar-refractivity contribution in [3.05, 3.63) is 0 Å². The molecule has 7 nitrogen and oxygen atoms in total. The molecule has 0 aliphatic carbocycles. The molecule has 0 radical (unpaired) electrons. The molecule has 0 aromatic carbocycles. The summed E-state index contributed by atoms with van der Waals surface area (Å²) in [6.45, 7) is 2.21. The summed E-state index contributed by atoms with van der Waals surface area (Å²) in [5.74, 6) is -0.145. The van der Waals surface area contributed by atoms with E-state index >= 15 is 0 Å². The molecule has 1 atom stereocenters. The van der Waals surface area contributed by atoms with E-state index in [1.165, 1.54) is 7.11 Å². The second-order valence-corrected chi connectivity index (χ2v) is 5.52. The summed E-state index contributed by atoms with van der Waals surface area (Å²) in [6, 6.07) is 0.0788. The molecular weight excluding hydrogens is 262 g/mol.